The van der Waals surface area contributed by atoms with Crippen molar-refractivity contribution >= 4 is 107 Å². The molecule has 8 aromatic carbocycles. The van der Waals surface area contributed by atoms with Crippen molar-refractivity contribution in [1.29, 1.82) is 0 Å². The molecule has 0 fully saturated rings. The first-order chi connectivity index (χ1) is 36.4. The zero-order chi connectivity index (χ0) is 54.3. The first-order valence-corrected chi connectivity index (χ1v) is 28.3. The van der Waals surface area contributed by atoms with Crippen LogP contribution in [0.1, 0.15) is 225 Å². The molecule has 2 aliphatic rings. The molecule has 0 spiro atoms. The fourth-order valence-corrected chi connectivity index (χ4v) is 11.4. The van der Waals surface area contributed by atoms with Gasteiger partial charge < -0.3 is 0 Å². The van der Waals surface area contributed by atoms with E-state index in [0.717, 1.165) is 45.6 Å². The summed E-state index contributed by atoms with van der Waals surface area (Å²) in [6.07, 6.45) is 0. The maximum Gasteiger partial charge on any atom is 0.0979 e. The number of aliphatic imine (C=N–C) groups is 4. The Kier molecular flexibility index (Phi) is 19.3. The maximum absolute atomic E-state index is 5.55. The van der Waals surface area contributed by atoms with Crippen molar-refractivity contribution in [3.63, 3.8) is 0 Å². The molecule has 8 aromatic rings. The molecule has 0 aromatic heterocycles. The molecule has 0 atom stereocenters. The zero-order valence-corrected chi connectivity index (χ0v) is 54.3. The van der Waals surface area contributed by atoms with Crippen molar-refractivity contribution in [2.75, 3.05) is 0 Å². The third-order valence-corrected chi connectivity index (χ3v) is 15.5. The Bertz CT molecular complexity index is 3050. The Morgan fingerprint density at radius 3 is 0.526 bits per heavy atom. The molecule has 0 aliphatic heterocycles. The van der Waals surface area contributed by atoms with Gasteiger partial charge in [-0.2, -0.15) is 0 Å². The van der Waals surface area contributed by atoms with E-state index in [1.807, 2.05) is 0 Å². The Morgan fingerprint density at radius 2 is 0.372 bits per heavy atom. The van der Waals surface area contributed by atoms with E-state index in [4.69, 9.17) is 20.0 Å². The van der Waals surface area contributed by atoms with Gasteiger partial charge >= 0.3 is 0 Å². The van der Waals surface area contributed by atoms with E-state index in [1.54, 1.807) is 0 Å². The van der Waals surface area contributed by atoms with Crippen LogP contribution in [-0.2, 0) is 0 Å². The fourth-order valence-electron chi connectivity index (χ4n) is 11.4. The van der Waals surface area contributed by atoms with Crippen molar-refractivity contribution in [3.8, 4) is 0 Å². The number of hydrogen-bond acceptors (Lipinski definition) is 4. The summed E-state index contributed by atoms with van der Waals surface area (Å²) >= 11 is 0. The van der Waals surface area contributed by atoms with Gasteiger partial charge in [0.2, 0.25) is 0 Å². The van der Waals surface area contributed by atoms with Gasteiger partial charge in [-0.25, -0.2) is 20.0 Å². The van der Waals surface area contributed by atoms with Gasteiger partial charge in [0.1, 0.15) is 0 Å². The van der Waals surface area contributed by atoms with Crippen molar-refractivity contribution in [1.82, 2.24) is 0 Å². The molecule has 0 bridgehead atoms. The van der Waals surface area contributed by atoms with Crippen LogP contribution < -0.4 is 0 Å². The van der Waals surface area contributed by atoms with Crippen molar-refractivity contribution in [2.24, 2.45) is 20.0 Å². The minimum Gasteiger partial charge on any atom is -0.245 e. The van der Waals surface area contributed by atoms with Crippen LogP contribution in [0.4, 0.5) is 22.7 Å². The van der Waals surface area contributed by atoms with Gasteiger partial charge in [0, 0.05) is 72.6 Å². The molecule has 10 rings (SSSR count). The second-order valence-electron chi connectivity index (χ2n) is 23.6. The van der Waals surface area contributed by atoms with Gasteiger partial charge in [0.25, 0.3) is 0 Å². The van der Waals surface area contributed by atoms with E-state index in [0.29, 0.717) is 47.3 Å². The smallest absolute Gasteiger partial charge is 0.0979 e. The summed E-state index contributed by atoms with van der Waals surface area (Å²) in [4.78, 5) is 22.2. The SMILES string of the molecule is CC(C)c1cccc(C(C)C)c1N=C1C(=Nc2c(C(C)C)cccc2C(C)C)c2cccc3cccc1c23.CC(C)c1cccc(C(C)C)c1N=C1C(=Nc2c(C(C)C)cccc2C(C)C)c2cccc3cccc1c23.[Ga].[Ga]. The van der Waals surface area contributed by atoms with E-state index in [1.165, 1.54) is 88.3 Å². The predicted molar refractivity (Wildman–Crippen MR) is 343 cm³/mol. The topological polar surface area (TPSA) is 49.4 Å². The van der Waals surface area contributed by atoms with Crippen LogP contribution in [0.25, 0.3) is 21.5 Å². The monoisotopic (exact) mass is 1140 g/mol. The van der Waals surface area contributed by atoms with Crippen molar-refractivity contribution in [3.05, 3.63) is 212 Å². The quantitative estimate of drug-likeness (QED) is 0.110. The number of nitrogens with zero attached hydrogens (tertiary/aromatic N) is 4. The van der Waals surface area contributed by atoms with Gasteiger partial charge in [0.15, 0.2) is 0 Å². The molecule has 0 saturated carbocycles. The molecule has 78 heavy (non-hydrogen) atoms. The van der Waals surface area contributed by atoms with E-state index in [2.05, 4.69) is 256 Å². The summed E-state index contributed by atoms with van der Waals surface area (Å²) < 4.78 is 0. The first-order valence-electron chi connectivity index (χ1n) is 28.3. The van der Waals surface area contributed by atoms with Gasteiger partial charge in [0.05, 0.1) is 45.6 Å². The van der Waals surface area contributed by atoms with Crippen LogP contribution >= 0.6 is 0 Å². The van der Waals surface area contributed by atoms with Crippen LogP contribution in [0.3, 0.4) is 0 Å². The zero-order valence-electron chi connectivity index (χ0n) is 49.4. The molecule has 0 heterocycles. The molecule has 4 nitrogen and oxygen atoms in total. The van der Waals surface area contributed by atoms with Crippen molar-refractivity contribution in [2.45, 2.75) is 158 Å². The Hall–Kier alpha value is -5.77. The summed E-state index contributed by atoms with van der Waals surface area (Å²) in [5.74, 6) is 3.02. The van der Waals surface area contributed by atoms with Gasteiger partial charge in [-0.3, -0.25) is 0 Å². The molecule has 0 unspecified atom stereocenters. The third kappa shape index (κ3) is 11.6. The Labute approximate surface area is 493 Å². The largest absolute Gasteiger partial charge is 0.245 e. The van der Waals surface area contributed by atoms with E-state index >= 15 is 0 Å². The summed E-state index contributed by atoms with van der Waals surface area (Å²) in [5.41, 5.74) is 23.4. The number of rotatable bonds is 12. The number of hydrogen-bond donors (Lipinski definition) is 0. The third-order valence-electron chi connectivity index (χ3n) is 15.5. The first kappa shape index (κ1) is 59.9. The van der Waals surface area contributed by atoms with Gasteiger partial charge in [-0.05, 0) is 103 Å². The normalized spacial score (nSPS) is 15.0. The number of para-hydroxylation sites is 4. The summed E-state index contributed by atoms with van der Waals surface area (Å²) in [5, 5.41) is 4.99. The maximum atomic E-state index is 5.55. The van der Waals surface area contributed by atoms with Crippen LogP contribution in [-0.4, -0.2) is 62.4 Å². The molecule has 6 heteroatoms. The fraction of sp³-hybridized carbons (Fsp3) is 0.333. The van der Waals surface area contributed by atoms with Gasteiger partial charge in [-0.15, -0.1) is 0 Å². The molecular weight excluding hydrogens is 1060 g/mol. The average molecular weight is 1140 g/mol. The summed E-state index contributed by atoms with van der Waals surface area (Å²) in [6.45, 7) is 36.2. The van der Waals surface area contributed by atoms with Crippen molar-refractivity contribution < 1.29 is 0 Å². The van der Waals surface area contributed by atoms with Gasteiger partial charge in [-0.1, -0.05) is 256 Å². The van der Waals surface area contributed by atoms with Crippen LogP contribution in [0, 0.1) is 0 Å². The van der Waals surface area contributed by atoms with E-state index in [9.17, 15) is 0 Å². The predicted octanol–water partition coefficient (Wildman–Crippen LogP) is 20.4. The minimum absolute atomic E-state index is 0. The van der Waals surface area contributed by atoms with Crippen LogP contribution in [0.15, 0.2) is 166 Å². The second-order valence-corrected chi connectivity index (χ2v) is 23.6. The molecule has 0 amide bonds. The molecule has 394 valence electrons. The van der Waals surface area contributed by atoms with E-state index < -0.39 is 0 Å². The molecule has 0 saturated heterocycles. The Morgan fingerprint density at radius 1 is 0.218 bits per heavy atom. The summed E-state index contributed by atoms with van der Waals surface area (Å²) in [6, 6.07) is 52.9. The number of benzene rings is 8. The summed E-state index contributed by atoms with van der Waals surface area (Å²) in [7, 11) is 0. The minimum atomic E-state index is 0. The molecular formula is C72H80Ga2N4. The standard InChI is InChI=1S/2C36H40N2.2Ga/c2*1-21(2)26-15-11-16-27(22(3)4)33(26)37-35-30-19-9-13-25-14-10-20-31(32(25)30)36(35)38-34-28(23(5)6)17-12-18-29(34)24(7)8;;/h2*9-24H,1-8H3;;. The van der Waals surface area contributed by atoms with E-state index in [-0.39, 0.29) is 39.6 Å². The molecule has 2 aliphatic carbocycles. The molecule has 0 N–H and O–H groups in total. The average Bonchev–Trinajstić information content (AvgIpc) is 3.85. The van der Waals surface area contributed by atoms with Crippen LogP contribution in [0.2, 0.25) is 0 Å². The van der Waals surface area contributed by atoms with Crippen LogP contribution in [0.5, 0.6) is 0 Å². The molecule has 6 radical (unpaired) electrons. The Balaban J connectivity index is 0.000000220. The second kappa shape index (κ2) is 25.1.